The molecule has 1 rings (SSSR count). The summed E-state index contributed by atoms with van der Waals surface area (Å²) in [6, 6.07) is 10.4. The van der Waals surface area contributed by atoms with Gasteiger partial charge in [-0.2, -0.15) is 0 Å². The second kappa shape index (κ2) is 4.55. The Bertz CT molecular complexity index is 193. The van der Waals surface area contributed by atoms with Crippen molar-refractivity contribution in [3.05, 3.63) is 42.8 Å². The molecule has 0 saturated carbocycles. The molecule has 0 aromatic heterocycles. The van der Waals surface area contributed by atoms with Gasteiger partial charge < -0.3 is 0 Å². The van der Waals surface area contributed by atoms with Crippen molar-refractivity contribution in [3.63, 3.8) is 0 Å². The molecule has 0 heterocycles. The molecule has 1 heteroatoms. The number of benzene rings is 1. The molecule has 0 bridgehead atoms. The molecule has 1 atom stereocenters. The molecule has 1 aromatic rings. The Morgan fingerprint density at radius 3 is 2.45 bits per heavy atom. The third-order valence-corrected chi connectivity index (χ3v) is 2.61. The van der Waals surface area contributed by atoms with E-state index in [0.717, 1.165) is 12.8 Å². The predicted octanol–water partition coefficient (Wildman–Crippen LogP) is 3.74. The Labute approximate surface area is 76.8 Å². The van der Waals surface area contributed by atoms with Crippen LogP contribution in [0.1, 0.15) is 23.2 Å². The molecule has 0 aliphatic rings. The predicted molar refractivity (Wildman–Crippen MR) is 52.7 cm³/mol. The third kappa shape index (κ3) is 2.66. The first-order valence-electron chi connectivity index (χ1n) is 3.83. The van der Waals surface area contributed by atoms with Crippen LogP contribution in [0.2, 0.25) is 0 Å². The summed E-state index contributed by atoms with van der Waals surface area (Å²) >= 11 is 3.61. The number of hydrogen-bond donors (Lipinski definition) is 0. The van der Waals surface area contributed by atoms with Crippen LogP contribution in [0.4, 0.5) is 0 Å². The molecule has 0 fully saturated rings. The van der Waals surface area contributed by atoms with E-state index >= 15 is 0 Å². The molecule has 1 radical (unpaired) electrons. The van der Waals surface area contributed by atoms with Gasteiger partial charge in [0.05, 0.1) is 0 Å². The smallest absolute Gasteiger partial charge is 0.0395 e. The molecule has 1 unspecified atom stereocenters. The van der Waals surface area contributed by atoms with Gasteiger partial charge in [-0.05, 0) is 12.0 Å². The minimum absolute atomic E-state index is 0.473. The second-order valence-electron chi connectivity index (χ2n) is 2.52. The van der Waals surface area contributed by atoms with Crippen LogP contribution in [0.3, 0.4) is 0 Å². The first-order chi connectivity index (χ1) is 5.34. The first kappa shape index (κ1) is 8.79. The maximum atomic E-state index is 3.82. The van der Waals surface area contributed by atoms with Crippen molar-refractivity contribution in [1.29, 1.82) is 0 Å². The molecular weight excluding hydrogens is 200 g/mol. The van der Waals surface area contributed by atoms with Crippen LogP contribution in [0.25, 0.3) is 0 Å². The van der Waals surface area contributed by atoms with Crippen molar-refractivity contribution in [3.8, 4) is 0 Å². The summed E-state index contributed by atoms with van der Waals surface area (Å²) in [5.41, 5.74) is 1.34. The second-order valence-corrected chi connectivity index (χ2v) is 3.63. The molecule has 1 aromatic carbocycles. The standard InChI is InChI=1S/C10H12Br/c1-2-6-10(11)9-7-4-3-5-8-9/h3-5,7-8,10H,1-2,6H2. The van der Waals surface area contributed by atoms with Gasteiger partial charge in [0.15, 0.2) is 0 Å². The minimum Gasteiger partial charge on any atom is -0.0839 e. The van der Waals surface area contributed by atoms with Gasteiger partial charge in [-0.3, -0.25) is 0 Å². The van der Waals surface area contributed by atoms with Gasteiger partial charge in [-0.1, -0.05) is 59.6 Å². The van der Waals surface area contributed by atoms with E-state index < -0.39 is 0 Å². The van der Waals surface area contributed by atoms with Crippen LogP contribution in [0, 0.1) is 6.92 Å². The quantitative estimate of drug-likeness (QED) is 0.669. The Morgan fingerprint density at radius 2 is 1.91 bits per heavy atom. The van der Waals surface area contributed by atoms with E-state index in [4.69, 9.17) is 0 Å². The highest BCUT2D eigenvalue weighted by Crippen LogP contribution is 2.26. The summed E-state index contributed by atoms with van der Waals surface area (Å²) in [6.45, 7) is 3.82. The maximum Gasteiger partial charge on any atom is 0.0395 e. The number of rotatable bonds is 3. The highest BCUT2D eigenvalue weighted by molar-refractivity contribution is 9.09. The van der Waals surface area contributed by atoms with Crippen molar-refractivity contribution in [2.24, 2.45) is 0 Å². The van der Waals surface area contributed by atoms with Crippen LogP contribution >= 0.6 is 15.9 Å². The molecule has 0 nitrogen and oxygen atoms in total. The van der Waals surface area contributed by atoms with Crippen molar-refractivity contribution in [1.82, 2.24) is 0 Å². The molecule has 0 aliphatic carbocycles. The monoisotopic (exact) mass is 211 g/mol. The van der Waals surface area contributed by atoms with E-state index in [1.807, 2.05) is 6.07 Å². The summed E-state index contributed by atoms with van der Waals surface area (Å²) < 4.78 is 0. The van der Waals surface area contributed by atoms with E-state index in [1.165, 1.54) is 5.56 Å². The average Bonchev–Trinajstić information content (AvgIpc) is 2.07. The lowest BCUT2D eigenvalue weighted by Crippen LogP contribution is -1.87. The van der Waals surface area contributed by atoms with Crippen molar-refractivity contribution in [2.75, 3.05) is 0 Å². The molecule has 0 aliphatic heterocycles. The molecule has 11 heavy (non-hydrogen) atoms. The third-order valence-electron chi connectivity index (χ3n) is 1.62. The zero-order valence-corrected chi connectivity index (χ0v) is 8.05. The van der Waals surface area contributed by atoms with Crippen LogP contribution < -0.4 is 0 Å². The summed E-state index contributed by atoms with van der Waals surface area (Å²) in [4.78, 5) is 0.473. The number of hydrogen-bond acceptors (Lipinski definition) is 0. The van der Waals surface area contributed by atoms with Crippen molar-refractivity contribution >= 4 is 15.9 Å². The fraction of sp³-hybridized carbons (Fsp3) is 0.300. The van der Waals surface area contributed by atoms with E-state index in [-0.39, 0.29) is 0 Å². The highest BCUT2D eigenvalue weighted by Gasteiger charge is 2.03. The lowest BCUT2D eigenvalue weighted by Gasteiger charge is -2.06. The fourth-order valence-electron chi connectivity index (χ4n) is 1.01. The zero-order valence-electron chi connectivity index (χ0n) is 6.46. The van der Waals surface area contributed by atoms with Gasteiger partial charge in [0.1, 0.15) is 0 Å². The number of alkyl halides is 1. The molecule has 0 N–H and O–H groups in total. The first-order valence-corrected chi connectivity index (χ1v) is 4.74. The Balaban J connectivity index is 2.61. The van der Waals surface area contributed by atoms with Gasteiger partial charge >= 0.3 is 0 Å². The van der Waals surface area contributed by atoms with E-state index in [0.29, 0.717) is 4.83 Å². The summed E-state index contributed by atoms with van der Waals surface area (Å²) in [6.07, 6.45) is 2.08. The van der Waals surface area contributed by atoms with Gasteiger partial charge in [0, 0.05) is 4.83 Å². The summed E-state index contributed by atoms with van der Waals surface area (Å²) in [5, 5.41) is 0. The van der Waals surface area contributed by atoms with E-state index in [9.17, 15) is 0 Å². The maximum absolute atomic E-state index is 3.82. The normalized spacial score (nSPS) is 12.9. The van der Waals surface area contributed by atoms with E-state index in [2.05, 4.69) is 47.1 Å². The molecule has 59 valence electrons. The molecule has 0 amide bonds. The minimum atomic E-state index is 0.473. The van der Waals surface area contributed by atoms with Gasteiger partial charge in [0.2, 0.25) is 0 Å². The topological polar surface area (TPSA) is 0 Å². The Morgan fingerprint density at radius 1 is 1.27 bits per heavy atom. The molecule has 0 spiro atoms. The Hall–Kier alpha value is -0.300. The van der Waals surface area contributed by atoms with Crippen LogP contribution in [-0.4, -0.2) is 0 Å². The SMILES string of the molecule is [CH2]CCC(Br)c1ccccc1. The average molecular weight is 212 g/mol. The zero-order chi connectivity index (χ0) is 8.10. The number of halogens is 1. The molecule has 0 saturated heterocycles. The lowest BCUT2D eigenvalue weighted by molar-refractivity contribution is 0.833. The highest BCUT2D eigenvalue weighted by atomic mass is 79.9. The van der Waals surface area contributed by atoms with Gasteiger partial charge in [0.25, 0.3) is 0 Å². The summed E-state index contributed by atoms with van der Waals surface area (Å²) in [7, 11) is 0. The van der Waals surface area contributed by atoms with Crippen molar-refractivity contribution in [2.45, 2.75) is 17.7 Å². The Kier molecular flexibility index (Phi) is 3.64. The summed E-state index contributed by atoms with van der Waals surface area (Å²) in [5.74, 6) is 0. The molecular formula is C10H12Br. The van der Waals surface area contributed by atoms with Gasteiger partial charge in [-0.15, -0.1) is 0 Å². The van der Waals surface area contributed by atoms with Crippen molar-refractivity contribution < 1.29 is 0 Å². The van der Waals surface area contributed by atoms with Crippen LogP contribution in [-0.2, 0) is 0 Å². The lowest BCUT2D eigenvalue weighted by atomic mass is 10.1. The van der Waals surface area contributed by atoms with E-state index in [1.54, 1.807) is 0 Å². The van der Waals surface area contributed by atoms with Gasteiger partial charge in [-0.25, -0.2) is 0 Å². The van der Waals surface area contributed by atoms with Crippen LogP contribution in [0.5, 0.6) is 0 Å². The largest absolute Gasteiger partial charge is 0.0839 e. The van der Waals surface area contributed by atoms with Crippen LogP contribution in [0.15, 0.2) is 30.3 Å². The fourth-order valence-corrected chi connectivity index (χ4v) is 1.64.